The monoisotopic (exact) mass is 247 g/mol. The molecule has 2 rings (SSSR count). The number of hydrogen-bond acceptors (Lipinski definition) is 2. The number of aromatic nitrogens is 1. The predicted molar refractivity (Wildman–Crippen MR) is 66.0 cm³/mol. The molecule has 0 fully saturated rings. The van der Waals surface area contributed by atoms with Crippen molar-refractivity contribution in [1.82, 2.24) is 4.98 Å². The first kappa shape index (κ1) is 11.6. The Balaban J connectivity index is 2.46. The third kappa shape index (κ3) is 2.63. The fourth-order valence-electron chi connectivity index (χ4n) is 1.59. The van der Waals surface area contributed by atoms with E-state index in [1.807, 2.05) is 30.3 Å². The number of benzene rings is 1. The number of carbonyl (C=O) groups is 1. The summed E-state index contributed by atoms with van der Waals surface area (Å²) < 4.78 is 0. The van der Waals surface area contributed by atoms with Crippen LogP contribution in [0.4, 0.5) is 0 Å². The van der Waals surface area contributed by atoms with Crippen molar-refractivity contribution in [3.8, 4) is 11.1 Å². The molecule has 0 atom stereocenters. The van der Waals surface area contributed by atoms with Crippen molar-refractivity contribution >= 4 is 17.6 Å². The van der Waals surface area contributed by atoms with E-state index in [4.69, 9.17) is 16.7 Å². The lowest BCUT2D eigenvalue weighted by Gasteiger charge is -2.07. The van der Waals surface area contributed by atoms with Crippen LogP contribution in [0.15, 0.2) is 42.7 Å². The highest BCUT2D eigenvalue weighted by Crippen LogP contribution is 2.29. The SMILES string of the molecule is O=C(O)Cc1cncc(-c2ccccc2)c1Cl. The Morgan fingerprint density at radius 1 is 1.24 bits per heavy atom. The van der Waals surface area contributed by atoms with Crippen molar-refractivity contribution in [2.45, 2.75) is 6.42 Å². The fourth-order valence-corrected chi connectivity index (χ4v) is 1.87. The Labute approximate surface area is 104 Å². The van der Waals surface area contributed by atoms with Gasteiger partial charge < -0.3 is 5.11 Å². The number of halogens is 1. The van der Waals surface area contributed by atoms with Gasteiger partial charge in [-0.2, -0.15) is 0 Å². The maximum atomic E-state index is 10.7. The van der Waals surface area contributed by atoms with E-state index in [0.717, 1.165) is 11.1 Å². The van der Waals surface area contributed by atoms with E-state index in [0.29, 0.717) is 10.6 Å². The normalized spacial score (nSPS) is 10.2. The molecule has 0 saturated heterocycles. The van der Waals surface area contributed by atoms with E-state index < -0.39 is 5.97 Å². The molecule has 0 bridgehead atoms. The topological polar surface area (TPSA) is 50.2 Å². The van der Waals surface area contributed by atoms with Crippen molar-refractivity contribution < 1.29 is 9.90 Å². The fraction of sp³-hybridized carbons (Fsp3) is 0.0769. The van der Waals surface area contributed by atoms with Crippen LogP contribution in [-0.4, -0.2) is 16.1 Å². The number of nitrogens with zero attached hydrogens (tertiary/aromatic N) is 1. The van der Waals surface area contributed by atoms with Crippen molar-refractivity contribution in [3.63, 3.8) is 0 Å². The van der Waals surface area contributed by atoms with Crippen molar-refractivity contribution in [3.05, 3.63) is 53.3 Å². The average molecular weight is 248 g/mol. The van der Waals surface area contributed by atoms with Crippen LogP contribution < -0.4 is 0 Å². The molecule has 2 aromatic rings. The Morgan fingerprint density at radius 3 is 2.59 bits per heavy atom. The van der Waals surface area contributed by atoms with Gasteiger partial charge in [0.1, 0.15) is 0 Å². The van der Waals surface area contributed by atoms with Crippen LogP contribution in [-0.2, 0) is 11.2 Å². The number of rotatable bonds is 3. The van der Waals surface area contributed by atoms with E-state index in [1.54, 1.807) is 6.20 Å². The van der Waals surface area contributed by atoms with Gasteiger partial charge in [-0.05, 0) is 5.56 Å². The first-order chi connectivity index (χ1) is 8.18. The summed E-state index contributed by atoms with van der Waals surface area (Å²) >= 11 is 6.18. The van der Waals surface area contributed by atoms with Gasteiger partial charge in [-0.1, -0.05) is 41.9 Å². The lowest BCUT2D eigenvalue weighted by Crippen LogP contribution is -2.02. The minimum Gasteiger partial charge on any atom is -0.481 e. The third-order valence-corrected chi connectivity index (χ3v) is 2.83. The molecule has 0 amide bonds. The summed E-state index contributed by atoms with van der Waals surface area (Å²) in [5, 5.41) is 9.22. The smallest absolute Gasteiger partial charge is 0.307 e. The van der Waals surface area contributed by atoms with E-state index in [2.05, 4.69) is 4.98 Å². The van der Waals surface area contributed by atoms with Gasteiger partial charge in [0.25, 0.3) is 0 Å². The van der Waals surface area contributed by atoms with Crippen LogP contribution >= 0.6 is 11.6 Å². The van der Waals surface area contributed by atoms with Gasteiger partial charge in [-0.15, -0.1) is 0 Å². The summed E-state index contributed by atoms with van der Waals surface area (Å²) in [6.45, 7) is 0. The molecular weight excluding hydrogens is 238 g/mol. The molecule has 0 aliphatic rings. The molecule has 0 aliphatic heterocycles. The lowest BCUT2D eigenvalue weighted by molar-refractivity contribution is -0.136. The van der Waals surface area contributed by atoms with Gasteiger partial charge in [0.05, 0.1) is 11.4 Å². The zero-order valence-electron chi connectivity index (χ0n) is 8.93. The predicted octanol–water partition coefficient (Wildman–Crippen LogP) is 3.03. The molecule has 0 unspecified atom stereocenters. The van der Waals surface area contributed by atoms with Crippen LogP contribution in [0.2, 0.25) is 5.02 Å². The molecule has 3 nitrogen and oxygen atoms in total. The minimum absolute atomic E-state index is 0.119. The van der Waals surface area contributed by atoms with Crippen molar-refractivity contribution in [1.29, 1.82) is 0 Å². The molecule has 0 spiro atoms. The zero-order valence-corrected chi connectivity index (χ0v) is 9.69. The summed E-state index contributed by atoms with van der Waals surface area (Å²) in [4.78, 5) is 14.7. The Hall–Kier alpha value is -1.87. The van der Waals surface area contributed by atoms with Gasteiger partial charge in [-0.3, -0.25) is 9.78 Å². The Morgan fingerprint density at radius 2 is 1.94 bits per heavy atom. The minimum atomic E-state index is -0.918. The second-order valence-corrected chi connectivity index (χ2v) is 3.97. The van der Waals surface area contributed by atoms with Crippen LogP contribution in [0.5, 0.6) is 0 Å². The number of aliphatic carboxylic acids is 1. The highest BCUT2D eigenvalue weighted by Gasteiger charge is 2.11. The molecule has 0 saturated carbocycles. The summed E-state index contributed by atoms with van der Waals surface area (Å²) in [5.74, 6) is -0.918. The second kappa shape index (κ2) is 4.97. The number of hydrogen-bond donors (Lipinski definition) is 1. The number of carboxylic acid groups (broad SMARTS) is 1. The summed E-state index contributed by atoms with van der Waals surface area (Å²) in [6, 6.07) is 9.53. The third-order valence-electron chi connectivity index (χ3n) is 2.38. The highest BCUT2D eigenvalue weighted by molar-refractivity contribution is 6.34. The Kier molecular flexibility index (Phi) is 3.40. The summed E-state index contributed by atoms with van der Waals surface area (Å²) in [6.07, 6.45) is 3.01. The summed E-state index contributed by atoms with van der Waals surface area (Å²) in [7, 11) is 0. The molecule has 1 N–H and O–H groups in total. The second-order valence-electron chi connectivity index (χ2n) is 3.60. The number of pyridine rings is 1. The van der Waals surface area contributed by atoms with Crippen LogP contribution in [0.25, 0.3) is 11.1 Å². The molecule has 1 heterocycles. The van der Waals surface area contributed by atoms with E-state index in [-0.39, 0.29) is 6.42 Å². The van der Waals surface area contributed by atoms with Gasteiger partial charge in [0.15, 0.2) is 0 Å². The van der Waals surface area contributed by atoms with Crippen LogP contribution in [0.3, 0.4) is 0 Å². The van der Waals surface area contributed by atoms with Gasteiger partial charge in [-0.25, -0.2) is 0 Å². The molecule has 86 valence electrons. The van der Waals surface area contributed by atoms with Crippen LogP contribution in [0.1, 0.15) is 5.56 Å². The van der Waals surface area contributed by atoms with E-state index in [1.165, 1.54) is 6.20 Å². The highest BCUT2D eigenvalue weighted by atomic mass is 35.5. The standard InChI is InChI=1S/C13H10ClNO2/c14-13-10(6-12(16)17)7-15-8-11(13)9-4-2-1-3-5-9/h1-5,7-8H,6H2,(H,16,17). The van der Waals surface area contributed by atoms with Crippen molar-refractivity contribution in [2.24, 2.45) is 0 Å². The maximum absolute atomic E-state index is 10.7. The van der Waals surface area contributed by atoms with Gasteiger partial charge in [0, 0.05) is 23.5 Å². The van der Waals surface area contributed by atoms with E-state index in [9.17, 15) is 4.79 Å². The van der Waals surface area contributed by atoms with Gasteiger partial charge in [0.2, 0.25) is 0 Å². The first-order valence-corrected chi connectivity index (χ1v) is 5.46. The molecule has 17 heavy (non-hydrogen) atoms. The quantitative estimate of drug-likeness (QED) is 0.907. The molecule has 0 radical (unpaired) electrons. The molecule has 1 aromatic heterocycles. The van der Waals surface area contributed by atoms with E-state index >= 15 is 0 Å². The Bertz CT molecular complexity index is 540. The van der Waals surface area contributed by atoms with Crippen molar-refractivity contribution in [2.75, 3.05) is 0 Å². The summed E-state index contributed by atoms with van der Waals surface area (Å²) in [5.41, 5.74) is 2.21. The maximum Gasteiger partial charge on any atom is 0.307 e. The average Bonchev–Trinajstić information content (AvgIpc) is 2.32. The molecular formula is C13H10ClNO2. The van der Waals surface area contributed by atoms with Gasteiger partial charge >= 0.3 is 5.97 Å². The molecule has 0 aliphatic carbocycles. The molecule has 4 heteroatoms. The van der Waals surface area contributed by atoms with Crippen LogP contribution in [0, 0.1) is 0 Å². The largest absolute Gasteiger partial charge is 0.481 e. The molecule has 1 aromatic carbocycles. The lowest BCUT2D eigenvalue weighted by atomic mass is 10.0. The number of carboxylic acids is 1. The zero-order chi connectivity index (χ0) is 12.3. The first-order valence-electron chi connectivity index (χ1n) is 5.08.